The number of hydrogen-bond acceptors (Lipinski definition) is 5. The number of fused-ring (bicyclic) bond motifs is 1. The summed E-state index contributed by atoms with van der Waals surface area (Å²) in [5.41, 5.74) is 8.30. The fourth-order valence-electron chi connectivity index (χ4n) is 3.73. The first-order chi connectivity index (χ1) is 12.7. The molecule has 0 bridgehead atoms. The zero-order chi connectivity index (χ0) is 18.1. The third kappa shape index (κ3) is 2.74. The number of hydrogen-bond donors (Lipinski definition) is 2. The number of anilines is 1. The van der Waals surface area contributed by atoms with E-state index >= 15 is 0 Å². The summed E-state index contributed by atoms with van der Waals surface area (Å²) in [6.45, 7) is 1.97. The number of aromatic nitrogens is 3. The van der Waals surface area contributed by atoms with Crippen molar-refractivity contribution >= 4 is 16.9 Å². The Labute approximate surface area is 150 Å². The molecule has 0 amide bonds. The molecule has 1 aliphatic heterocycles. The zero-order valence-corrected chi connectivity index (χ0v) is 14.4. The molecule has 3 N–H and O–H groups in total. The molecule has 1 aromatic carbocycles. The largest absolute Gasteiger partial charge is 0.355 e. The molecule has 0 spiro atoms. The van der Waals surface area contributed by atoms with E-state index in [1.54, 1.807) is 0 Å². The molecule has 3 aromatic rings. The molecular formula is C19H20N6O. The summed E-state index contributed by atoms with van der Waals surface area (Å²) in [6.07, 6.45) is 3.28. The highest BCUT2D eigenvalue weighted by Gasteiger charge is 2.27. The Hall–Kier alpha value is -3.11. The number of aromatic amines is 1. The van der Waals surface area contributed by atoms with E-state index in [2.05, 4.69) is 20.9 Å². The van der Waals surface area contributed by atoms with Gasteiger partial charge in [-0.05, 0) is 18.4 Å². The lowest BCUT2D eigenvalue weighted by molar-refractivity contribution is 0.498. The average molecular weight is 348 g/mol. The first-order valence-corrected chi connectivity index (χ1v) is 8.73. The molecule has 0 radical (unpaired) electrons. The average Bonchev–Trinajstić information content (AvgIpc) is 2.97. The molecule has 1 atom stereocenters. The van der Waals surface area contributed by atoms with E-state index in [1.165, 1.54) is 6.33 Å². The number of rotatable bonds is 3. The lowest BCUT2D eigenvalue weighted by Crippen LogP contribution is -2.44. The summed E-state index contributed by atoms with van der Waals surface area (Å²) in [6, 6.07) is 12.2. The highest BCUT2D eigenvalue weighted by molar-refractivity contribution is 5.89. The van der Waals surface area contributed by atoms with E-state index in [9.17, 15) is 10.1 Å². The van der Waals surface area contributed by atoms with Crippen molar-refractivity contribution in [3.8, 4) is 6.07 Å². The van der Waals surface area contributed by atoms with E-state index in [4.69, 9.17) is 5.73 Å². The monoisotopic (exact) mass is 348 g/mol. The first kappa shape index (κ1) is 16.4. The highest BCUT2D eigenvalue weighted by atomic mass is 16.1. The standard InChI is InChI=1S/C19H20N6O/c20-9-15-16-17(18(26)23-12-22-16)25(10-13-5-2-1-3-6-13)19(15)24-8-4-7-14(21)11-24/h1-3,5-6,12,14H,4,7-8,10-11,21H2,(H,22,23,26). The summed E-state index contributed by atoms with van der Waals surface area (Å²) in [4.78, 5) is 21.6. The van der Waals surface area contributed by atoms with Crippen molar-refractivity contribution in [2.75, 3.05) is 18.0 Å². The molecule has 4 rings (SSSR count). The van der Waals surface area contributed by atoms with Crippen LogP contribution in [0.5, 0.6) is 0 Å². The van der Waals surface area contributed by atoms with Gasteiger partial charge in [0, 0.05) is 25.7 Å². The summed E-state index contributed by atoms with van der Waals surface area (Å²) < 4.78 is 1.91. The van der Waals surface area contributed by atoms with Gasteiger partial charge in [0.25, 0.3) is 5.56 Å². The number of benzene rings is 1. The van der Waals surface area contributed by atoms with Crippen molar-refractivity contribution in [2.45, 2.75) is 25.4 Å². The van der Waals surface area contributed by atoms with Gasteiger partial charge in [-0.15, -0.1) is 0 Å². The van der Waals surface area contributed by atoms with Crippen LogP contribution in [-0.4, -0.2) is 33.7 Å². The molecule has 1 unspecified atom stereocenters. The minimum absolute atomic E-state index is 0.0599. The predicted octanol–water partition coefficient (Wildman–Crippen LogP) is 1.57. The van der Waals surface area contributed by atoms with Gasteiger partial charge in [-0.1, -0.05) is 30.3 Å². The molecule has 0 aliphatic carbocycles. The van der Waals surface area contributed by atoms with Crippen LogP contribution in [0.2, 0.25) is 0 Å². The van der Waals surface area contributed by atoms with Gasteiger partial charge >= 0.3 is 0 Å². The smallest absolute Gasteiger partial charge is 0.275 e. The van der Waals surface area contributed by atoms with Crippen LogP contribution >= 0.6 is 0 Å². The van der Waals surface area contributed by atoms with Crippen LogP contribution in [0.25, 0.3) is 11.0 Å². The molecule has 2 aromatic heterocycles. The summed E-state index contributed by atoms with van der Waals surface area (Å²) in [7, 11) is 0. The molecule has 1 aliphatic rings. The van der Waals surface area contributed by atoms with Gasteiger partial charge in [0.05, 0.1) is 6.33 Å². The van der Waals surface area contributed by atoms with Crippen LogP contribution in [0.15, 0.2) is 41.5 Å². The predicted molar refractivity (Wildman–Crippen MR) is 100 cm³/mol. The first-order valence-electron chi connectivity index (χ1n) is 8.73. The van der Waals surface area contributed by atoms with E-state index in [0.717, 1.165) is 30.8 Å². The third-order valence-electron chi connectivity index (χ3n) is 4.87. The van der Waals surface area contributed by atoms with Crippen molar-refractivity contribution in [3.05, 3.63) is 58.1 Å². The van der Waals surface area contributed by atoms with Crippen molar-refractivity contribution < 1.29 is 0 Å². The van der Waals surface area contributed by atoms with Crippen LogP contribution in [-0.2, 0) is 6.54 Å². The number of piperidine rings is 1. The third-order valence-corrected chi connectivity index (χ3v) is 4.87. The van der Waals surface area contributed by atoms with Crippen LogP contribution in [0.4, 0.5) is 5.82 Å². The fraction of sp³-hybridized carbons (Fsp3) is 0.316. The Morgan fingerprint density at radius 3 is 2.88 bits per heavy atom. The number of nitriles is 1. The maximum absolute atomic E-state index is 12.5. The summed E-state index contributed by atoms with van der Waals surface area (Å²) in [5.74, 6) is 0.741. The van der Waals surface area contributed by atoms with Gasteiger partial charge in [0.15, 0.2) is 0 Å². The molecule has 0 saturated carbocycles. The normalized spacial score (nSPS) is 17.4. The molecule has 26 heavy (non-hydrogen) atoms. The molecule has 132 valence electrons. The van der Waals surface area contributed by atoms with Gasteiger partial charge in [-0.2, -0.15) is 5.26 Å². The van der Waals surface area contributed by atoms with Gasteiger partial charge in [-0.3, -0.25) is 4.79 Å². The minimum atomic E-state index is -0.241. The number of nitrogens with one attached hydrogen (secondary N) is 1. The van der Waals surface area contributed by atoms with Gasteiger partial charge in [0.2, 0.25) is 0 Å². The number of nitrogens with zero attached hydrogens (tertiary/aromatic N) is 4. The Bertz CT molecular complexity index is 1030. The molecular weight excluding hydrogens is 328 g/mol. The lowest BCUT2D eigenvalue weighted by Gasteiger charge is -2.33. The SMILES string of the molecule is N#Cc1c(N2CCCC(N)C2)n(Cc2ccccc2)c2c(=O)[nH]cnc12. The summed E-state index contributed by atoms with van der Waals surface area (Å²) in [5, 5.41) is 9.81. The second-order valence-corrected chi connectivity index (χ2v) is 6.66. The van der Waals surface area contributed by atoms with Crippen LogP contribution in [0.3, 0.4) is 0 Å². The Morgan fingerprint density at radius 2 is 2.15 bits per heavy atom. The second-order valence-electron chi connectivity index (χ2n) is 6.66. The van der Waals surface area contributed by atoms with Crippen LogP contribution in [0, 0.1) is 11.3 Å². The van der Waals surface area contributed by atoms with Crippen molar-refractivity contribution in [3.63, 3.8) is 0 Å². The second kappa shape index (κ2) is 6.65. The van der Waals surface area contributed by atoms with E-state index in [1.807, 2.05) is 34.9 Å². The molecule has 7 nitrogen and oxygen atoms in total. The summed E-state index contributed by atoms with van der Waals surface area (Å²) >= 11 is 0. The molecule has 7 heteroatoms. The quantitative estimate of drug-likeness (QED) is 0.748. The van der Waals surface area contributed by atoms with Crippen molar-refractivity contribution in [1.29, 1.82) is 5.26 Å². The van der Waals surface area contributed by atoms with Gasteiger partial charge in [-0.25, -0.2) is 4.98 Å². The van der Waals surface area contributed by atoms with E-state index < -0.39 is 0 Å². The van der Waals surface area contributed by atoms with Gasteiger partial charge < -0.3 is 20.2 Å². The number of nitrogens with two attached hydrogens (primary N) is 1. The van der Waals surface area contributed by atoms with Crippen LogP contribution in [0.1, 0.15) is 24.0 Å². The van der Waals surface area contributed by atoms with E-state index in [-0.39, 0.29) is 11.6 Å². The number of H-pyrrole nitrogens is 1. The molecule has 1 fully saturated rings. The van der Waals surface area contributed by atoms with Crippen molar-refractivity contribution in [2.24, 2.45) is 5.73 Å². The lowest BCUT2D eigenvalue weighted by atomic mass is 10.1. The molecule has 3 heterocycles. The fourth-order valence-corrected chi connectivity index (χ4v) is 3.73. The minimum Gasteiger partial charge on any atom is -0.355 e. The highest BCUT2D eigenvalue weighted by Crippen LogP contribution is 2.32. The van der Waals surface area contributed by atoms with Gasteiger partial charge in [0.1, 0.15) is 28.5 Å². The topological polar surface area (TPSA) is 104 Å². The zero-order valence-electron chi connectivity index (χ0n) is 14.4. The Morgan fingerprint density at radius 1 is 1.35 bits per heavy atom. The Kier molecular flexibility index (Phi) is 4.19. The maximum Gasteiger partial charge on any atom is 0.275 e. The molecule has 1 saturated heterocycles. The van der Waals surface area contributed by atoms with E-state index in [0.29, 0.717) is 29.7 Å². The van der Waals surface area contributed by atoms with Crippen LogP contribution < -0.4 is 16.2 Å². The van der Waals surface area contributed by atoms with Crippen molar-refractivity contribution in [1.82, 2.24) is 14.5 Å². The maximum atomic E-state index is 12.5. The Balaban J connectivity index is 1.96.